The van der Waals surface area contributed by atoms with Crippen molar-refractivity contribution in [3.05, 3.63) is 53.8 Å². The number of benzene rings is 1. The molecular weight excluding hydrogens is 404 g/mol. The van der Waals surface area contributed by atoms with E-state index in [0.717, 1.165) is 13.1 Å². The predicted octanol–water partition coefficient (Wildman–Crippen LogP) is 5.37. The highest BCUT2D eigenvalue weighted by Gasteiger charge is 2.19. The number of hydrogen-bond donors (Lipinski definition) is 1. The van der Waals surface area contributed by atoms with Crippen molar-refractivity contribution in [3.63, 3.8) is 0 Å². The van der Waals surface area contributed by atoms with Gasteiger partial charge >= 0.3 is 0 Å². The van der Waals surface area contributed by atoms with Gasteiger partial charge in [0.15, 0.2) is 0 Å². The van der Waals surface area contributed by atoms with Crippen molar-refractivity contribution in [2.45, 2.75) is 6.04 Å². The van der Waals surface area contributed by atoms with E-state index < -0.39 is 0 Å². The van der Waals surface area contributed by atoms with Crippen LogP contribution in [0.4, 0.5) is 4.39 Å². The zero-order valence-corrected chi connectivity index (χ0v) is 14.1. The maximum Gasteiger partial charge on any atom is 0.129 e. The first kappa shape index (κ1) is 14.5. The van der Waals surface area contributed by atoms with E-state index in [0.29, 0.717) is 10.6 Å². The van der Waals surface area contributed by atoms with Gasteiger partial charge in [-0.15, -0.1) is 11.3 Å². The number of rotatable bonds is 3. The normalized spacial score (nSPS) is 12.7. The fourth-order valence-corrected chi connectivity index (χ4v) is 3.90. The third-order valence-corrected chi connectivity index (χ3v) is 5.54. The number of hydrogen-bond acceptors (Lipinski definition) is 2. The van der Waals surface area contributed by atoms with Gasteiger partial charge < -0.3 is 5.32 Å². The van der Waals surface area contributed by atoms with E-state index in [1.165, 1.54) is 17.4 Å². The van der Waals surface area contributed by atoms with Gasteiger partial charge in [0.2, 0.25) is 0 Å². The van der Waals surface area contributed by atoms with Crippen LogP contribution in [0.15, 0.2) is 32.5 Å². The molecule has 0 aliphatic heterocycles. The van der Waals surface area contributed by atoms with Gasteiger partial charge in [-0.2, -0.15) is 0 Å². The molecule has 0 fully saturated rings. The SMILES string of the molecule is CNC(c1cc(Cl)c(Br)s1)c1ccc(Br)cc1F. The summed E-state index contributed by atoms with van der Waals surface area (Å²) in [6.07, 6.45) is 0. The van der Waals surface area contributed by atoms with E-state index in [9.17, 15) is 4.39 Å². The first-order valence-corrected chi connectivity index (χ1v) is 7.88. The average Bonchev–Trinajstić information content (AvgIpc) is 2.63. The summed E-state index contributed by atoms with van der Waals surface area (Å²) in [5.74, 6) is -0.246. The second kappa shape index (κ2) is 6.01. The molecule has 1 heterocycles. The summed E-state index contributed by atoms with van der Waals surface area (Å²) in [5.41, 5.74) is 0.603. The lowest BCUT2D eigenvalue weighted by Gasteiger charge is -2.15. The molecule has 0 aliphatic rings. The van der Waals surface area contributed by atoms with Crippen LogP contribution in [0, 0.1) is 5.82 Å². The summed E-state index contributed by atoms with van der Waals surface area (Å²) < 4.78 is 15.6. The lowest BCUT2D eigenvalue weighted by molar-refractivity contribution is 0.578. The lowest BCUT2D eigenvalue weighted by Crippen LogP contribution is -2.17. The molecule has 2 rings (SSSR count). The average molecular weight is 414 g/mol. The maximum atomic E-state index is 14.0. The fourth-order valence-electron chi connectivity index (χ4n) is 1.69. The summed E-state index contributed by atoms with van der Waals surface area (Å²) >= 11 is 14.1. The van der Waals surface area contributed by atoms with E-state index in [1.54, 1.807) is 13.1 Å². The molecule has 1 N–H and O–H groups in total. The van der Waals surface area contributed by atoms with E-state index in [2.05, 4.69) is 37.2 Å². The van der Waals surface area contributed by atoms with Crippen LogP contribution >= 0.6 is 54.8 Å². The Bertz CT molecular complexity index is 554. The summed E-state index contributed by atoms with van der Waals surface area (Å²) in [7, 11) is 1.80. The largest absolute Gasteiger partial charge is 0.309 e. The number of halogens is 4. The van der Waals surface area contributed by atoms with Crippen LogP contribution in [-0.4, -0.2) is 7.05 Å². The van der Waals surface area contributed by atoms with Gasteiger partial charge in [-0.1, -0.05) is 33.6 Å². The Labute approximate surface area is 131 Å². The highest BCUT2D eigenvalue weighted by Crippen LogP contribution is 2.38. The molecule has 1 aromatic carbocycles. The fraction of sp³-hybridized carbons (Fsp3) is 0.167. The van der Waals surface area contributed by atoms with Crippen molar-refractivity contribution in [1.82, 2.24) is 5.32 Å². The van der Waals surface area contributed by atoms with Crippen LogP contribution in [0.1, 0.15) is 16.5 Å². The molecule has 1 aromatic heterocycles. The minimum Gasteiger partial charge on any atom is -0.309 e. The van der Waals surface area contributed by atoms with Crippen molar-refractivity contribution in [3.8, 4) is 0 Å². The number of thiophene rings is 1. The van der Waals surface area contributed by atoms with E-state index in [-0.39, 0.29) is 11.9 Å². The zero-order chi connectivity index (χ0) is 13.3. The molecule has 2 aromatic rings. The van der Waals surface area contributed by atoms with Crippen molar-refractivity contribution in [2.24, 2.45) is 0 Å². The monoisotopic (exact) mass is 411 g/mol. The van der Waals surface area contributed by atoms with Crippen LogP contribution < -0.4 is 5.32 Å². The van der Waals surface area contributed by atoms with Gasteiger partial charge in [-0.3, -0.25) is 0 Å². The van der Waals surface area contributed by atoms with Crippen LogP contribution in [0.3, 0.4) is 0 Å². The van der Waals surface area contributed by atoms with Crippen LogP contribution in [0.2, 0.25) is 5.02 Å². The molecule has 0 bridgehead atoms. The second-order valence-electron chi connectivity index (χ2n) is 3.66. The van der Waals surface area contributed by atoms with Crippen molar-refractivity contribution >= 4 is 54.8 Å². The second-order valence-corrected chi connectivity index (χ2v) is 7.38. The van der Waals surface area contributed by atoms with Gasteiger partial charge in [0.1, 0.15) is 5.82 Å². The molecule has 18 heavy (non-hydrogen) atoms. The Morgan fingerprint density at radius 1 is 1.33 bits per heavy atom. The van der Waals surface area contributed by atoms with Gasteiger partial charge in [-0.05, 0) is 41.2 Å². The van der Waals surface area contributed by atoms with Crippen molar-refractivity contribution in [2.75, 3.05) is 7.05 Å². The molecule has 1 atom stereocenters. The molecule has 0 spiro atoms. The summed E-state index contributed by atoms with van der Waals surface area (Å²) in [6.45, 7) is 0. The highest BCUT2D eigenvalue weighted by atomic mass is 79.9. The minimum absolute atomic E-state index is 0.202. The smallest absolute Gasteiger partial charge is 0.129 e. The van der Waals surface area contributed by atoms with E-state index >= 15 is 0 Å². The quantitative estimate of drug-likeness (QED) is 0.713. The standard InChI is InChI=1S/C12H9Br2ClFNS/c1-17-11(10-5-8(15)12(14)18-10)7-3-2-6(13)4-9(7)16/h2-5,11,17H,1H3. The topological polar surface area (TPSA) is 12.0 Å². The predicted molar refractivity (Wildman–Crippen MR) is 82.0 cm³/mol. The Hall–Kier alpha value is 0.0600. The van der Waals surface area contributed by atoms with Crippen LogP contribution in [0.25, 0.3) is 0 Å². The van der Waals surface area contributed by atoms with Gasteiger partial charge in [0.25, 0.3) is 0 Å². The molecule has 0 aliphatic carbocycles. The van der Waals surface area contributed by atoms with Crippen LogP contribution in [-0.2, 0) is 0 Å². The van der Waals surface area contributed by atoms with Gasteiger partial charge in [0, 0.05) is 14.9 Å². The summed E-state index contributed by atoms with van der Waals surface area (Å²) in [4.78, 5) is 0.968. The molecule has 0 saturated carbocycles. The maximum absolute atomic E-state index is 14.0. The minimum atomic E-state index is -0.246. The van der Waals surface area contributed by atoms with E-state index in [1.807, 2.05) is 12.1 Å². The molecule has 6 heteroatoms. The van der Waals surface area contributed by atoms with E-state index in [4.69, 9.17) is 11.6 Å². The first-order chi connectivity index (χ1) is 8.52. The van der Waals surface area contributed by atoms with Crippen molar-refractivity contribution < 1.29 is 4.39 Å². The molecular formula is C12H9Br2ClFNS. The molecule has 96 valence electrons. The molecule has 0 radical (unpaired) electrons. The Balaban J connectivity index is 2.45. The van der Waals surface area contributed by atoms with Crippen LogP contribution in [0.5, 0.6) is 0 Å². The third kappa shape index (κ3) is 2.96. The molecule has 1 nitrogen and oxygen atoms in total. The van der Waals surface area contributed by atoms with Crippen molar-refractivity contribution in [1.29, 1.82) is 0 Å². The number of nitrogens with one attached hydrogen (secondary N) is 1. The Morgan fingerprint density at radius 2 is 2.06 bits per heavy atom. The lowest BCUT2D eigenvalue weighted by atomic mass is 10.1. The first-order valence-electron chi connectivity index (χ1n) is 5.10. The highest BCUT2D eigenvalue weighted by molar-refractivity contribution is 9.11. The van der Waals surface area contributed by atoms with Gasteiger partial charge in [0.05, 0.1) is 14.9 Å². The Morgan fingerprint density at radius 3 is 2.56 bits per heavy atom. The summed E-state index contributed by atoms with van der Waals surface area (Å²) in [5, 5.41) is 3.76. The molecule has 0 saturated heterocycles. The Kier molecular flexibility index (Phi) is 4.83. The third-order valence-electron chi connectivity index (χ3n) is 2.51. The molecule has 1 unspecified atom stereocenters. The van der Waals surface area contributed by atoms with Gasteiger partial charge in [-0.25, -0.2) is 4.39 Å². The molecule has 0 amide bonds. The summed E-state index contributed by atoms with van der Waals surface area (Å²) in [6, 6.07) is 6.70. The zero-order valence-electron chi connectivity index (χ0n) is 9.31.